The van der Waals surface area contributed by atoms with Crippen LogP contribution in [0.3, 0.4) is 0 Å². The molecule has 1 aromatic heterocycles. The summed E-state index contributed by atoms with van der Waals surface area (Å²) in [5.41, 5.74) is 2.36. The van der Waals surface area contributed by atoms with E-state index >= 15 is 0 Å². The number of nitrogens with zero attached hydrogens (tertiary/aromatic N) is 2. The van der Waals surface area contributed by atoms with Crippen molar-refractivity contribution < 1.29 is 13.7 Å². The molecule has 0 unspecified atom stereocenters. The molecule has 4 rings (SSSR count). The topological polar surface area (TPSA) is 56.0 Å². The Kier molecular flexibility index (Phi) is 5.04. The highest BCUT2D eigenvalue weighted by Crippen LogP contribution is 2.24. The Balaban J connectivity index is 1.89. The molecule has 0 atom stereocenters. The molecule has 4 aromatic rings. The van der Waals surface area contributed by atoms with Gasteiger partial charge in [-0.3, -0.25) is 15.1 Å². The van der Waals surface area contributed by atoms with Crippen LogP contribution in [0.25, 0.3) is 10.8 Å². The first kappa shape index (κ1) is 18.7. The smallest absolute Gasteiger partial charge is 0.270 e. The predicted octanol–water partition coefficient (Wildman–Crippen LogP) is 3.81. The normalized spacial score (nSPS) is 10.8. The van der Waals surface area contributed by atoms with Crippen molar-refractivity contribution in [2.45, 2.75) is 6.32 Å². The zero-order valence-corrected chi connectivity index (χ0v) is 15.3. The minimum absolute atomic E-state index is 0.00536. The summed E-state index contributed by atoms with van der Waals surface area (Å²) in [5, 5.41) is 12.6. The molecule has 0 N–H and O–H groups in total. The van der Waals surface area contributed by atoms with Gasteiger partial charge in [0.2, 0.25) is 6.71 Å². The van der Waals surface area contributed by atoms with Gasteiger partial charge in [-0.2, -0.15) is 0 Å². The van der Waals surface area contributed by atoms with E-state index in [1.807, 2.05) is 0 Å². The summed E-state index contributed by atoms with van der Waals surface area (Å²) < 4.78 is 26.8. The maximum absolute atomic E-state index is 13.5. The van der Waals surface area contributed by atoms with Gasteiger partial charge in [0.05, 0.1) is 10.3 Å². The lowest BCUT2D eigenvalue weighted by Crippen LogP contribution is -2.46. The second-order valence-corrected chi connectivity index (χ2v) is 6.76. The fourth-order valence-electron chi connectivity index (χ4n) is 3.57. The quantitative estimate of drug-likeness (QED) is 0.297. The van der Waals surface area contributed by atoms with Crippen LogP contribution in [-0.2, 0) is 6.32 Å². The Labute approximate surface area is 166 Å². The van der Waals surface area contributed by atoms with Crippen molar-refractivity contribution in [1.29, 1.82) is 0 Å². The summed E-state index contributed by atoms with van der Waals surface area (Å²) in [6, 6.07) is 18.8. The Morgan fingerprint density at radius 3 is 2.17 bits per heavy atom. The van der Waals surface area contributed by atoms with E-state index in [-0.39, 0.29) is 24.0 Å². The van der Waals surface area contributed by atoms with Crippen molar-refractivity contribution >= 4 is 34.2 Å². The largest absolute Gasteiger partial charge is 0.277 e. The van der Waals surface area contributed by atoms with Gasteiger partial charge in [-0.05, 0) is 36.7 Å². The molecule has 0 amide bonds. The molecule has 0 saturated carbocycles. The number of pyridine rings is 1. The summed E-state index contributed by atoms with van der Waals surface area (Å²) >= 11 is 0. The first-order chi connectivity index (χ1) is 14.0. The maximum atomic E-state index is 13.5. The summed E-state index contributed by atoms with van der Waals surface area (Å²) in [5.74, 6) is -0.679. The number of hydrogen-bond acceptors (Lipinski definition) is 3. The van der Waals surface area contributed by atoms with E-state index in [2.05, 4.69) is 4.98 Å². The molecule has 7 heteroatoms. The number of nitro benzene ring substituents is 1. The van der Waals surface area contributed by atoms with Crippen LogP contribution >= 0.6 is 0 Å². The van der Waals surface area contributed by atoms with E-state index in [4.69, 9.17) is 0 Å². The van der Waals surface area contributed by atoms with Crippen molar-refractivity contribution in [2.24, 2.45) is 0 Å². The molecule has 0 spiro atoms. The lowest BCUT2D eigenvalue weighted by molar-refractivity contribution is -0.383. The molecule has 4 nitrogen and oxygen atoms in total. The van der Waals surface area contributed by atoms with Crippen molar-refractivity contribution in [2.75, 3.05) is 0 Å². The zero-order valence-electron chi connectivity index (χ0n) is 15.3. The standard InChI is InChI=1S/C22H15BF2N2O2/c24-17-8-4-15(5-9-17)14-23(16-6-10-18(25)11-7-16)22-20-2-1-3-21(27(28)29)19(20)12-13-26-22/h1-13H,14H2. The second-order valence-electron chi connectivity index (χ2n) is 6.76. The number of halogens is 2. The SMILES string of the molecule is O=[N+]([O-])c1cccc2c(B(Cc3ccc(F)cc3)c3ccc(F)cc3)nccc12. The molecule has 142 valence electrons. The van der Waals surface area contributed by atoms with E-state index in [1.54, 1.807) is 48.7 Å². The number of fused-ring (bicyclic) bond motifs is 1. The maximum Gasteiger partial charge on any atom is 0.277 e. The third-order valence-electron chi connectivity index (χ3n) is 4.97. The molecule has 0 aliphatic rings. The highest BCUT2D eigenvalue weighted by atomic mass is 19.1. The summed E-state index contributed by atoms with van der Waals surface area (Å²) in [7, 11) is 0. The number of non-ortho nitro benzene ring substituents is 1. The average Bonchev–Trinajstić information content (AvgIpc) is 2.73. The van der Waals surface area contributed by atoms with Crippen molar-refractivity contribution in [3.8, 4) is 0 Å². The Bertz CT molecular complexity index is 1180. The Morgan fingerprint density at radius 1 is 0.862 bits per heavy atom. The van der Waals surface area contributed by atoms with E-state index in [0.29, 0.717) is 22.7 Å². The molecule has 0 radical (unpaired) electrons. The molecule has 3 aromatic carbocycles. The van der Waals surface area contributed by atoms with Crippen LogP contribution in [-0.4, -0.2) is 16.6 Å². The minimum Gasteiger partial charge on any atom is -0.270 e. The van der Waals surface area contributed by atoms with Crippen LogP contribution in [0.1, 0.15) is 5.56 Å². The molecule has 29 heavy (non-hydrogen) atoms. The summed E-state index contributed by atoms with van der Waals surface area (Å²) in [4.78, 5) is 15.5. The third-order valence-corrected chi connectivity index (χ3v) is 4.97. The molecular weight excluding hydrogens is 373 g/mol. The van der Waals surface area contributed by atoms with Gasteiger partial charge in [-0.1, -0.05) is 47.4 Å². The monoisotopic (exact) mass is 388 g/mol. The molecule has 0 saturated heterocycles. The van der Waals surface area contributed by atoms with Crippen LogP contribution in [0.4, 0.5) is 14.5 Å². The highest BCUT2D eigenvalue weighted by molar-refractivity contribution is 6.85. The van der Waals surface area contributed by atoms with Gasteiger partial charge in [0.25, 0.3) is 5.69 Å². The first-order valence-electron chi connectivity index (χ1n) is 9.05. The van der Waals surface area contributed by atoms with Gasteiger partial charge in [-0.25, -0.2) is 8.78 Å². The Hall–Kier alpha value is -3.61. The van der Waals surface area contributed by atoms with Crippen LogP contribution in [0.2, 0.25) is 0 Å². The van der Waals surface area contributed by atoms with Gasteiger partial charge in [-0.15, -0.1) is 0 Å². The second kappa shape index (κ2) is 7.79. The summed E-state index contributed by atoms with van der Waals surface area (Å²) in [6.45, 7) is -0.285. The number of rotatable bonds is 5. The van der Waals surface area contributed by atoms with Gasteiger partial charge in [0, 0.05) is 23.2 Å². The lowest BCUT2D eigenvalue weighted by Gasteiger charge is -2.16. The molecule has 0 bridgehead atoms. The van der Waals surface area contributed by atoms with Crippen LogP contribution in [0.15, 0.2) is 79.0 Å². The van der Waals surface area contributed by atoms with Crippen LogP contribution < -0.4 is 11.1 Å². The van der Waals surface area contributed by atoms with Gasteiger partial charge < -0.3 is 0 Å². The van der Waals surface area contributed by atoms with Crippen LogP contribution in [0, 0.1) is 21.7 Å². The summed E-state index contributed by atoms with van der Waals surface area (Å²) in [6.07, 6.45) is 2.03. The highest BCUT2D eigenvalue weighted by Gasteiger charge is 2.25. The van der Waals surface area contributed by atoms with E-state index in [9.17, 15) is 18.9 Å². The van der Waals surface area contributed by atoms with Gasteiger partial charge in [0.15, 0.2) is 0 Å². The molecule has 0 aliphatic heterocycles. The zero-order chi connectivity index (χ0) is 20.4. The lowest BCUT2D eigenvalue weighted by atomic mass is 9.39. The Morgan fingerprint density at radius 2 is 1.52 bits per heavy atom. The molecule has 1 heterocycles. The van der Waals surface area contributed by atoms with Gasteiger partial charge in [0.1, 0.15) is 11.6 Å². The molecule has 0 fully saturated rings. The first-order valence-corrected chi connectivity index (χ1v) is 9.05. The van der Waals surface area contributed by atoms with Crippen LogP contribution in [0.5, 0.6) is 0 Å². The number of aromatic nitrogens is 1. The van der Waals surface area contributed by atoms with Crippen molar-refractivity contribution in [1.82, 2.24) is 4.98 Å². The molecular formula is C22H15BF2N2O2. The van der Waals surface area contributed by atoms with Gasteiger partial charge >= 0.3 is 0 Å². The van der Waals surface area contributed by atoms with Crippen molar-refractivity contribution in [3.05, 3.63) is 106 Å². The number of benzene rings is 3. The molecule has 0 aliphatic carbocycles. The number of nitro groups is 1. The average molecular weight is 388 g/mol. The van der Waals surface area contributed by atoms with E-state index < -0.39 is 4.92 Å². The van der Waals surface area contributed by atoms with E-state index in [1.165, 1.54) is 30.3 Å². The fourth-order valence-corrected chi connectivity index (χ4v) is 3.57. The fraction of sp³-hybridized carbons (Fsp3) is 0.0455. The minimum atomic E-state index is -0.418. The third kappa shape index (κ3) is 3.85. The predicted molar refractivity (Wildman–Crippen MR) is 110 cm³/mol. The van der Waals surface area contributed by atoms with Crippen molar-refractivity contribution in [3.63, 3.8) is 0 Å². The van der Waals surface area contributed by atoms with E-state index in [0.717, 1.165) is 11.0 Å². The number of hydrogen-bond donors (Lipinski definition) is 0.